The summed E-state index contributed by atoms with van der Waals surface area (Å²) in [7, 11) is 0. The summed E-state index contributed by atoms with van der Waals surface area (Å²) in [5.74, 6) is -0.00666. The van der Waals surface area contributed by atoms with E-state index in [2.05, 4.69) is 16.7 Å². The summed E-state index contributed by atoms with van der Waals surface area (Å²) in [6, 6.07) is 8.11. The van der Waals surface area contributed by atoms with E-state index < -0.39 is 0 Å². The van der Waals surface area contributed by atoms with Gasteiger partial charge in [0.2, 0.25) is 5.91 Å². The number of fused-ring (bicyclic) bond motifs is 1. The highest BCUT2D eigenvalue weighted by Gasteiger charge is 2.32. The van der Waals surface area contributed by atoms with Crippen molar-refractivity contribution in [1.82, 2.24) is 5.32 Å². The Labute approximate surface area is 83.5 Å². The largest absolute Gasteiger partial charge is 0.363 e. The first-order valence-electron chi connectivity index (χ1n) is 4.74. The van der Waals surface area contributed by atoms with E-state index in [1.54, 1.807) is 0 Å². The zero-order valence-corrected chi connectivity index (χ0v) is 8.42. The van der Waals surface area contributed by atoms with Crippen LogP contribution in [0.1, 0.15) is 19.4 Å². The molecule has 1 aliphatic rings. The van der Waals surface area contributed by atoms with Crippen molar-refractivity contribution in [3.05, 3.63) is 29.8 Å². The molecule has 0 saturated carbocycles. The van der Waals surface area contributed by atoms with Gasteiger partial charge in [-0.3, -0.25) is 4.79 Å². The highest BCUT2D eigenvalue weighted by Crippen LogP contribution is 2.30. The van der Waals surface area contributed by atoms with Crippen LogP contribution in [0.5, 0.6) is 0 Å². The molecule has 2 rings (SSSR count). The fourth-order valence-corrected chi connectivity index (χ4v) is 1.98. The van der Waals surface area contributed by atoms with Crippen molar-refractivity contribution in [2.45, 2.75) is 25.9 Å². The smallest absolute Gasteiger partial charge is 0.218 e. The molecule has 1 heterocycles. The van der Waals surface area contributed by atoms with Crippen LogP contribution in [-0.4, -0.2) is 11.6 Å². The molecule has 1 aromatic carbocycles. The Morgan fingerprint density at radius 2 is 2.21 bits per heavy atom. The van der Waals surface area contributed by atoms with Crippen LogP contribution in [0.2, 0.25) is 0 Å². The topological polar surface area (TPSA) is 41.1 Å². The molecule has 0 spiro atoms. The molecular formula is C11H14N2O. The van der Waals surface area contributed by atoms with Crippen LogP contribution in [0.3, 0.4) is 0 Å². The highest BCUT2D eigenvalue weighted by molar-refractivity contribution is 5.75. The third-order valence-electron chi connectivity index (χ3n) is 2.42. The number of rotatable bonds is 1. The number of para-hydroxylation sites is 1. The van der Waals surface area contributed by atoms with Crippen molar-refractivity contribution < 1.29 is 4.79 Å². The minimum atomic E-state index is -0.324. The standard InChI is InChI=1S/C11H14N2O/c1-8(14)12-11(2)7-9-5-3-4-6-10(9)13-11/h3-6,13H,7H2,1-2H3,(H,12,14)/t11-/m1/s1. The first-order valence-corrected chi connectivity index (χ1v) is 4.74. The number of hydrogen-bond acceptors (Lipinski definition) is 2. The Bertz CT molecular complexity index is 348. The zero-order valence-electron chi connectivity index (χ0n) is 8.42. The molecule has 1 amide bonds. The van der Waals surface area contributed by atoms with E-state index >= 15 is 0 Å². The molecule has 1 atom stereocenters. The van der Waals surface area contributed by atoms with E-state index in [0.717, 1.165) is 12.1 Å². The first kappa shape index (κ1) is 9.06. The van der Waals surface area contributed by atoms with Crippen molar-refractivity contribution in [1.29, 1.82) is 0 Å². The monoisotopic (exact) mass is 190 g/mol. The summed E-state index contributed by atoms with van der Waals surface area (Å²) in [6.45, 7) is 3.53. The van der Waals surface area contributed by atoms with Crippen molar-refractivity contribution in [3.63, 3.8) is 0 Å². The summed E-state index contributed by atoms with van der Waals surface area (Å²) in [4.78, 5) is 11.0. The Hall–Kier alpha value is -1.51. The highest BCUT2D eigenvalue weighted by atomic mass is 16.1. The van der Waals surface area contributed by atoms with Crippen molar-refractivity contribution in [2.75, 3.05) is 5.32 Å². The van der Waals surface area contributed by atoms with Gasteiger partial charge < -0.3 is 10.6 Å². The maximum absolute atomic E-state index is 11.0. The molecule has 0 aliphatic carbocycles. The van der Waals surface area contributed by atoms with Crippen LogP contribution in [-0.2, 0) is 11.2 Å². The molecule has 0 saturated heterocycles. The van der Waals surface area contributed by atoms with Crippen LogP contribution < -0.4 is 10.6 Å². The Morgan fingerprint density at radius 3 is 2.86 bits per heavy atom. The van der Waals surface area contributed by atoms with Gasteiger partial charge in [0.05, 0.1) is 0 Å². The van der Waals surface area contributed by atoms with Gasteiger partial charge in [-0.25, -0.2) is 0 Å². The van der Waals surface area contributed by atoms with Gasteiger partial charge in [-0.1, -0.05) is 18.2 Å². The van der Waals surface area contributed by atoms with E-state index in [1.165, 1.54) is 12.5 Å². The summed E-state index contributed by atoms with van der Waals surface area (Å²) in [5.41, 5.74) is 2.04. The Balaban J connectivity index is 2.21. The molecular weight excluding hydrogens is 176 g/mol. The van der Waals surface area contributed by atoms with E-state index in [0.29, 0.717) is 0 Å². The lowest BCUT2D eigenvalue weighted by atomic mass is 10.1. The number of amides is 1. The van der Waals surface area contributed by atoms with Crippen molar-refractivity contribution in [3.8, 4) is 0 Å². The van der Waals surface area contributed by atoms with Crippen molar-refractivity contribution >= 4 is 11.6 Å². The van der Waals surface area contributed by atoms with E-state index in [9.17, 15) is 4.79 Å². The van der Waals surface area contributed by atoms with Crippen LogP contribution in [0, 0.1) is 0 Å². The second-order valence-electron chi connectivity index (χ2n) is 3.97. The molecule has 1 aliphatic heterocycles. The first-order chi connectivity index (χ1) is 6.59. The normalized spacial score (nSPS) is 23.9. The lowest BCUT2D eigenvalue weighted by Gasteiger charge is -2.25. The van der Waals surface area contributed by atoms with Gasteiger partial charge in [-0.15, -0.1) is 0 Å². The molecule has 2 N–H and O–H groups in total. The molecule has 0 aromatic heterocycles. The fourth-order valence-electron chi connectivity index (χ4n) is 1.98. The summed E-state index contributed by atoms with van der Waals surface area (Å²) in [5, 5.41) is 6.23. The van der Waals surface area contributed by atoms with E-state index in [-0.39, 0.29) is 11.6 Å². The second-order valence-corrected chi connectivity index (χ2v) is 3.97. The van der Waals surface area contributed by atoms with Gasteiger partial charge in [-0.05, 0) is 18.6 Å². The molecule has 3 nitrogen and oxygen atoms in total. The molecule has 0 radical (unpaired) electrons. The molecule has 0 unspecified atom stereocenters. The SMILES string of the molecule is CC(=O)N[C@@]1(C)Cc2ccccc2N1. The number of nitrogens with one attached hydrogen (secondary N) is 2. The molecule has 1 aromatic rings. The van der Waals surface area contributed by atoms with Gasteiger partial charge >= 0.3 is 0 Å². The molecule has 3 heteroatoms. The number of benzene rings is 1. The number of anilines is 1. The van der Waals surface area contributed by atoms with E-state index in [1.807, 2.05) is 25.1 Å². The lowest BCUT2D eigenvalue weighted by Crippen LogP contribution is -2.50. The minimum absolute atomic E-state index is 0.00666. The predicted molar refractivity (Wildman–Crippen MR) is 56.0 cm³/mol. The summed E-state index contributed by atoms with van der Waals surface area (Å²) in [6.07, 6.45) is 0.836. The second kappa shape index (κ2) is 3.01. The zero-order chi connectivity index (χ0) is 10.2. The molecule has 0 bridgehead atoms. The van der Waals surface area contributed by atoms with Gasteiger partial charge in [0.15, 0.2) is 0 Å². The van der Waals surface area contributed by atoms with E-state index in [4.69, 9.17) is 0 Å². The lowest BCUT2D eigenvalue weighted by molar-refractivity contribution is -0.120. The molecule has 0 fully saturated rings. The average Bonchev–Trinajstić information content (AvgIpc) is 2.38. The number of hydrogen-bond donors (Lipinski definition) is 2. The van der Waals surface area contributed by atoms with Gasteiger partial charge in [0.25, 0.3) is 0 Å². The average molecular weight is 190 g/mol. The third kappa shape index (κ3) is 1.58. The van der Waals surface area contributed by atoms with Gasteiger partial charge in [-0.2, -0.15) is 0 Å². The van der Waals surface area contributed by atoms with Gasteiger partial charge in [0, 0.05) is 19.0 Å². The summed E-state index contributed by atoms with van der Waals surface area (Å²) < 4.78 is 0. The number of carbonyl (C=O) groups is 1. The quantitative estimate of drug-likeness (QED) is 0.704. The van der Waals surface area contributed by atoms with Gasteiger partial charge in [0.1, 0.15) is 5.66 Å². The van der Waals surface area contributed by atoms with Crippen molar-refractivity contribution in [2.24, 2.45) is 0 Å². The fraction of sp³-hybridized carbons (Fsp3) is 0.364. The maximum Gasteiger partial charge on any atom is 0.218 e. The van der Waals surface area contributed by atoms with Crippen LogP contribution in [0.4, 0.5) is 5.69 Å². The molecule has 74 valence electrons. The maximum atomic E-state index is 11.0. The Morgan fingerprint density at radius 1 is 1.50 bits per heavy atom. The molecule has 14 heavy (non-hydrogen) atoms. The van der Waals surface area contributed by atoms with Crippen LogP contribution in [0.15, 0.2) is 24.3 Å². The minimum Gasteiger partial charge on any atom is -0.363 e. The third-order valence-corrected chi connectivity index (χ3v) is 2.42. The number of carbonyl (C=O) groups excluding carboxylic acids is 1. The van der Waals surface area contributed by atoms with Crippen LogP contribution >= 0.6 is 0 Å². The summed E-state index contributed by atoms with van der Waals surface area (Å²) >= 11 is 0. The predicted octanol–water partition coefficient (Wildman–Crippen LogP) is 1.51. The van der Waals surface area contributed by atoms with Crippen LogP contribution in [0.25, 0.3) is 0 Å². The Kier molecular flexibility index (Phi) is 1.95.